The standard InChI is InChI=1S/C34H34F2N8O3/c1-5-32(46)38-23-7-6-8-24(18-23)43(3)33-29(39-30(21-45)22-9-11-26(35)27(36)17-22)20-37-34(41-33)40-28-12-10-25(19-31(28)47-4)44-15-13-42(2)14-16-44/h5-12,17-21H,1,13-16H2,2-4H3,(H,38,46)(H,37,40,41). The van der Waals surface area contributed by atoms with Crippen molar-refractivity contribution in [1.82, 2.24) is 14.9 Å². The molecular weight excluding hydrogens is 606 g/mol. The fraction of sp³-hybridized carbons (Fsp3) is 0.206. The molecule has 0 spiro atoms. The number of ether oxygens (including phenoxy) is 1. The lowest BCUT2D eigenvalue weighted by molar-refractivity contribution is -0.111. The van der Waals surface area contributed by atoms with Gasteiger partial charge in [0.15, 0.2) is 23.7 Å². The molecule has 4 aromatic rings. The van der Waals surface area contributed by atoms with Crippen LogP contribution in [0.1, 0.15) is 5.56 Å². The summed E-state index contributed by atoms with van der Waals surface area (Å²) in [6.07, 6.45) is 3.02. The summed E-state index contributed by atoms with van der Waals surface area (Å²) in [5.41, 5.74) is 2.88. The van der Waals surface area contributed by atoms with E-state index in [-0.39, 0.29) is 34.6 Å². The molecule has 0 saturated carbocycles. The maximum absolute atomic E-state index is 14.0. The molecule has 242 valence electrons. The van der Waals surface area contributed by atoms with Crippen LogP contribution in [-0.2, 0) is 9.59 Å². The monoisotopic (exact) mass is 640 g/mol. The maximum atomic E-state index is 14.0. The molecule has 1 aromatic heterocycles. The number of hydrogen-bond donors (Lipinski definition) is 2. The third-order valence-corrected chi connectivity index (χ3v) is 7.62. The number of aromatic nitrogens is 2. The van der Waals surface area contributed by atoms with E-state index in [4.69, 9.17) is 9.72 Å². The van der Waals surface area contributed by atoms with Crippen LogP contribution in [0.15, 0.2) is 84.5 Å². The number of piperazine rings is 1. The Kier molecular flexibility index (Phi) is 10.2. The second kappa shape index (κ2) is 14.6. The van der Waals surface area contributed by atoms with Crippen molar-refractivity contribution < 1.29 is 23.1 Å². The molecule has 1 aliphatic rings. The van der Waals surface area contributed by atoms with Crippen LogP contribution in [0, 0.1) is 11.6 Å². The summed E-state index contributed by atoms with van der Waals surface area (Å²) in [4.78, 5) is 43.9. The number of aliphatic imine (C=N–C) groups is 1. The average Bonchev–Trinajstić information content (AvgIpc) is 3.09. The van der Waals surface area contributed by atoms with E-state index >= 15 is 0 Å². The highest BCUT2D eigenvalue weighted by Crippen LogP contribution is 2.36. The first kappa shape index (κ1) is 32.7. The molecule has 11 nitrogen and oxygen atoms in total. The zero-order valence-electron chi connectivity index (χ0n) is 26.2. The highest BCUT2D eigenvalue weighted by molar-refractivity contribution is 6.37. The molecule has 1 amide bonds. The van der Waals surface area contributed by atoms with E-state index in [1.165, 1.54) is 12.3 Å². The second-order valence-corrected chi connectivity index (χ2v) is 10.7. The number of methoxy groups -OCH3 is 1. The second-order valence-electron chi connectivity index (χ2n) is 10.7. The van der Waals surface area contributed by atoms with Gasteiger partial charge >= 0.3 is 0 Å². The molecule has 0 bridgehead atoms. The Hall–Kier alpha value is -5.69. The van der Waals surface area contributed by atoms with Crippen molar-refractivity contribution in [3.63, 3.8) is 0 Å². The number of amides is 1. The van der Waals surface area contributed by atoms with Gasteiger partial charge in [-0.1, -0.05) is 12.6 Å². The van der Waals surface area contributed by atoms with E-state index in [1.807, 2.05) is 18.2 Å². The molecule has 47 heavy (non-hydrogen) atoms. The summed E-state index contributed by atoms with van der Waals surface area (Å²) in [7, 11) is 5.42. The number of anilines is 6. The van der Waals surface area contributed by atoms with E-state index in [0.29, 0.717) is 29.1 Å². The number of nitrogens with zero attached hydrogens (tertiary/aromatic N) is 6. The number of halogens is 2. The first-order chi connectivity index (χ1) is 22.7. The summed E-state index contributed by atoms with van der Waals surface area (Å²) in [6, 6.07) is 15.9. The zero-order chi connectivity index (χ0) is 33.5. The lowest BCUT2D eigenvalue weighted by atomic mass is 10.1. The first-order valence-corrected chi connectivity index (χ1v) is 14.7. The SMILES string of the molecule is C=CC(=O)Nc1cccc(N(C)c2nc(Nc3ccc(N4CCN(C)CC4)cc3OC)ncc2N=C(C=O)c2ccc(F)c(F)c2)c1. The van der Waals surface area contributed by atoms with Gasteiger partial charge in [0.1, 0.15) is 17.1 Å². The molecule has 13 heteroatoms. The number of rotatable bonds is 11. The van der Waals surface area contributed by atoms with Gasteiger partial charge in [0.05, 0.1) is 19.0 Å². The van der Waals surface area contributed by atoms with Gasteiger partial charge in [-0.15, -0.1) is 0 Å². The molecule has 1 aliphatic heterocycles. The number of hydrogen-bond acceptors (Lipinski definition) is 10. The maximum Gasteiger partial charge on any atom is 0.247 e. The Balaban J connectivity index is 1.53. The Morgan fingerprint density at radius 2 is 1.85 bits per heavy atom. The summed E-state index contributed by atoms with van der Waals surface area (Å²) in [5, 5.41) is 5.94. The Morgan fingerprint density at radius 3 is 2.55 bits per heavy atom. The lowest BCUT2D eigenvalue weighted by Gasteiger charge is -2.34. The van der Waals surface area contributed by atoms with Gasteiger partial charge in [-0.3, -0.25) is 9.59 Å². The van der Waals surface area contributed by atoms with Crippen molar-refractivity contribution in [3.8, 4) is 5.75 Å². The average molecular weight is 641 g/mol. The van der Waals surface area contributed by atoms with Crippen molar-refractivity contribution in [3.05, 3.63) is 96.7 Å². The molecule has 1 fully saturated rings. The van der Waals surface area contributed by atoms with Crippen molar-refractivity contribution in [1.29, 1.82) is 0 Å². The number of carbonyl (C=O) groups is 2. The Morgan fingerprint density at radius 1 is 1.06 bits per heavy atom. The van der Waals surface area contributed by atoms with E-state index in [1.54, 1.807) is 43.3 Å². The molecule has 2 N–H and O–H groups in total. The van der Waals surface area contributed by atoms with Crippen LogP contribution in [-0.4, -0.2) is 80.2 Å². The normalized spacial score (nSPS) is 13.6. The minimum Gasteiger partial charge on any atom is -0.494 e. The molecule has 0 unspecified atom stereocenters. The third kappa shape index (κ3) is 7.76. The predicted molar refractivity (Wildman–Crippen MR) is 180 cm³/mol. The van der Waals surface area contributed by atoms with Gasteiger partial charge in [0.2, 0.25) is 11.9 Å². The van der Waals surface area contributed by atoms with Crippen LogP contribution in [0.3, 0.4) is 0 Å². The van der Waals surface area contributed by atoms with Gasteiger partial charge in [0, 0.05) is 61.9 Å². The van der Waals surface area contributed by atoms with Crippen LogP contribution >= 0.6 is 0 Å². The van der Waals surface area contributed by atoms with E-state index in [9.17, 15) is 18.4 Å². The third-order valence-electron chi connectivity index (χ3n) is 7.62. The fourth-order valence-corrected chi connectivity index (χ4v) is 4.97. The lowest BCUT2D eigenvalue weighted by Crippen LogP contribution is -2.44. The largest absolute Gasteiger partial charge is 0.494 e. The summed E-state index contributed by atoms with van der Waals surface area (Å²) < 4.78 is 33.3. The van der Waals surface area contributed by atoms with Crippen molar-refractivity contribution in [2.75, 3.05) is 67.8 Å². The number of nitrogens with one attached hydrogen (secondary N) is 2. The van der Waals surface area contributed by atoms with Gasteiger partial charge < -0.3 is 30.1 Å². The number of benzene rings is 3. The predicted octanol–water partition coefficient (Wildman–Crippen LogP) is 5.47. The van der Waals surface area contributed by atoms with Crippen LogP contribution in [0.5, 0.6) is 5.75 Å². The van der Waals surface area contributed by atoms with E-state index in [0.717, 1.165) is 50.1 Å². The van der Waals surface area contributed by atoms with E-state index in [2.05, 4.69) is 44.0 Å². The van der Waals surface area contributed by atoms with Crippen LogP contribution < -0.4 is 25.2 Å². The summed E-state index contributed by atoms with van der Waals surface area (Å²) in [5.74, 6) is -1.48. The van der Waals surface area contributed by atoms with Gasteiger partial charge in [-0.05, 0) is 61.7 Å². The summed E-state index contributed by atoms with van der Waals surface area (Å²) in [6.45, 7) is 7.22. The fourth-order valence-electron chi connectivity index (χ4n) is 4.97. The van der Waals surface area contributed by atoms with Crippen molar-refractivity contribution >= 4 is 58.1 Å². The number of carbonyl (C=O) groups excluding carboxylic acids is 2. The number of likely N-dealkylation sites (N-methyl/N-ethyl adjacent to an activating group) is 1. The minimum absolute atomic E-state index is 0.0778. The molecular formula is C34H34F2N8O3. The Bertz CT molecular complexity index is 1830. The van der Waals surface area contributed by atoms with Gasteiger partial charge in [-0.2, -0.15) is 4.98 Å². The highest BCUT2D eigenvalue weighted by Gasteiger charge is 2.19. The molecule has 5 rings (SSSR count). The van der Waals surface area contributed by atoms with Crippen molar-refractivity contribution in [2.24, 2.45) is 4.99 Å². The Labute approximate surface area is 271 Å². The molecule has 3 aromatic carbocycles. The van der Waals surface area contributed by atoms with E-state index < -0.39 is 11.6 Å². The number of aldehydes is 1. The smallest absolute Gasteiger partial charge is 0.247 e. The zero-order valence-corrected chi connectivity index (χ0v) is 26.2. The minimum atomic E-state index is -1.11. The summed E-state index contributed by atoms with van der Waals surface area (Å²) >= 11 is 0. The van der Waals surface area contributed by atoms with Crippen LogP contribution in [0.25, 0.3) is 0 Å². The highest BCUT2D eigenvalue weighted by atomic mass is 19.2. The van der Waals surface area contributed by atoms with Gasteiger partial charge in [0.25, 0.3) is 0 Å². The molecule has 0 aliphatic carbocycles. The van der Waals surface area contributed by atoms with Crippen LogP contribution in [0.4, 0.5) is 49.0 Å². The molecule has 1 saturated heterocycles. The van der Waals surface area contributed by atoms with Crippen molar-refractivity contribution in [2.45, 2.75) is 0 Å². The molecule has 2 heterocycles. The van der Waals surface area contributed by atoms with Gasteiger partial charge in [-0.25, -0.2) is 18.8 Å². The van der Waals surface area contributed by atoms with Crippen LogP contribution in [0.2, 0.25) is 0 Å². The molecule has 0 atom stereocenters. The topological polar surface area (TPSA) is 115 Å². The quantitative estimate of drug-likeness (QED) is 0.125. The molecule has 0 radical (unpaired) electrons. The first-order valence-electron chi connectivity index (χ1n) is 14.7.